The van der Waals surface area contributed by atoms with Gasteiger partial charge < -0.3 is 14.6 Å². The average molecular weight is 462 g/mol. The maximum absolute atomic E-state index is 9.27. The lowest BCUT2D eigenvalue weighted by molar-refractivity contribution is 0.247. The first-order valence-corrected chi connectivity index (χ1v) is 12.2. The van der Waals surface area contributed by atoms with Crippen LogP contribution in [0.3, 0.4) is 0 Å². The Hall–Kier alpha value is -2.78. The van der Waals surface area contributed by atoms with Gasteiger partial charge in [0.25, 0.3) is 0 Å². The topological polar surface area (TPSA) is 41.9 Å². The van der Waals surface area contributed by atoms with E-state index in [9.17, 15) is 5.11 Å². The van der Waals surface area contributed by atoms with Crippen LogP contribution in [-0.4, -0.2) is 30.3 Å². The zero-order valence-corrected chi connectivity index (χ0v) is 20.2. The Balaban J connectivity index is 1.33. The molecule has 1 N–H and O–H groups in total. The minimum Gasteiger partial charge on any atom is -0.489 e. The summed E-state index contributed by atoms with van der Waals surface area (Å²) < 4.78 is 11.5. The molecule has 0 amide bonds. The molecule has 3 aromatic rings. The van der Waals surface area contributed by atoms with Crippen molar-refractivity contribution in [3.63, 3.8) is 0 Å². The van der Waals surface area contributed by atoms with Crippen LogP contribution in [0.25, 0.3) is 0 Å². The molecule has 1 atom stereocenters. The van der Waals surface area contributed by atoms with E-state index in [0.29, 0.717) is 13.0 Å². The Morgan fingerprint density at radius 3 is 2.70 bits per heavy atom. The fraction of sp³-hybridized carbons (Fsp3) is 0.357. The number of ether oxygens (including phenoxy) is 2. The SMILES string of the molecule is CC#CC(CCO)c1ccc(OCc2cccc(CN3CCc4sc(OC)cc4C3)c2)cc1. The van der Waals surface area contributed by atoms with Gasteiger partial charge in [-0.3, -0.25) is 4.90 Å². The van der Waals surface area contributed by atoms with Crippen molar-refractivity contribution in [1.29, 1.82) is 0 Å². The van der Waals surface area contributed by atoms with Crippen LogP contribution in [0, 0.1) is 11.8 Å². The molecule has 5 heteroatoms. The number of thiophene rings is 1. The number of aliphatic hydroxyl groups excluding tert-OH is 1. The van der Waals surface area contributed by atoms with Gasteiger partial charge in [-0.05, 0) is 60.2 Å². The minimum atomic E-state index is 0.0618. The van der Waals surface area contributed by atoms with Gasteiger partial charge in [0, 0.05) is 37.0 Å². The number of hydrogen-bond acceptors (Lipinski definition) is 5. The van der Waals surface area contributed by atoms with E-state index in [-0.39, 0.29) is 12.5 Å². The normalized spacial score (nSPS) is 14.2. The van der Waals surface area contributed by atoms with Crippen LogP contribution in [0.2, 0.25) is 0 Å². The Labute approximate surface area is 200 Å². The minimum absolute atomic E-state index is 0.0618. The first-order chi connectivity index (χ1) is 16.2. The van der Waals surface area contributed by atoms with Crippen LogP contribution in [0.15, 0.2) is 54.6 Å². The molecule has 2 heterocycles. The Kier molecular flexibility index (Phi) is 8.06. The van der Waals surface area contributed by atoms with Crippen molar-refractivity contribution in [3.05, 3.63) is 81.7 Å². The summed E-state index contributed by atoms with van der Waals surface area (Å²) in [6.45, 7) is 5.48. The molecule has 33 heavy (non-hydrogen) atoms. The van der Waals surface area contributed by atoms with E-state index in [1.165, 1.54) is 21.6 Å². The van der Waals surface area contributed by atoms with Crippen LogP contribution in [0.1, 0.15) is 46.4 Å². The third-order valence-electron chi connectivity index (χ3n) is 5.95. The fourth-order valence-electron chi connectivity index (χ4n) is 4.26. The first-order valence-electron chi connectivity index (χ1n) is 11.4. The van der Waals surface area contributed by atoms with Crippen LogP contribution in [-0.2, 0) is 26.1 Å². The summed E-state index contributed by atoms with van der Waals surface area (Å²) in [4.78, 5) is 3.95. The number of hydrogen-bond donors (Lipinski definition) is 1. The highest BCUT2D eigenvalue weighted by molar-refractivity contribution is 7.14. The molecule has 1 unspecified atom stereocenters. The van der Waals surface area contributed by atoms with Gasteiger partial charge in [-0.1, -0.05) is 42.3 Å². The summed E-state index contributed by atoms with van der Waals surface area (Å²) in [5, 5.41) is 10.3. The van der Waals surface area contributed by atoms with Crippen molar-refractivity contribution < 1.29 is 14.6 Å². The molecule has 0 bridgehead atoms. The summed E-state index contributed by atoms with van der Waals surface area (Å²) >= 11 is 1.77. The van der Waals surface area contributed by atoms with Gasteiger partial charge in [0.2, 0.25) is 0 Å². The van der Waals surface area contributed by atoms with E-state index in [1.807, 2.05) is 31.2 Å². The van der Waals surface area contributed by atoms with Gasteiger partial charge in [-0.2, -0.15) is 0 Å². The molecule has 4 nitrogen and oxygen atoms in total. The molecule has 0 radical (unpaired) electrons. The van der Waals surface area contributed by atoms with E-state index in [1.54, 1.807) is 18.4 Å². The zero-order valence-electron chi connectivity index (χ0n) is 19.3. The Bertz CT molecular complexity index is 1110. The number of aliphatic hydroxyl groups is 1. The van der Waals surface area contributed by atoms with Crippen LogP contribution >= 0.6 is 11.3 Å². The van der Waals surface area contributed by atoms with Gasteiger partial charge in [-0.25, -0.2) is 0 Å². The van der Waals surface area contributed by atoms with Gasteiger partial charge in [0.1, 0.15) is 12.4 Å². The highest BCUT2D eigenvalue weighted by Gasteiger charge is 2.19. The third-order valence-corrected chi connectivity index (χ3v) is 7.14. The van der Waals surface area contributed by atoms with E-state index in [4.69, 9.17) is 9.47 Å². The largest absolute Gasteiger partial charge is 0.489 e. The van der Waals surface area contributed by atoms with E-state index < -0.39 is 0 Å². The van der Waals surface area contributed by atoms with Crippen LogP contribution in [0.5, 0.6) is 10.8 Å². The number of methoxy groups -OCH3 is 1. The van der Waals surface area contributed by atoms with Crippen molar-refractivity contribution >= 4 is 11.3 Å². The molecule has 0 saturated heterocycles. The molecule has 172 valence electrons. The van der Waals surface area contributed by atoms with Gasteiger partial charge in [-0.15, -0.1) is 17.3 Å². The molecule has 0 fully saturated rings. The highest BCUT2D eigenvalue weighted by atomic mass is 32.1. The van der Waals surface area contributed by atoms with Gasteiger partial charge in [0.05, 0.1) is 7.11 Å². The molecule has 1 aliphatic heterocycles. The second-order valence-corrected chi connectivity index (χ2v) is 9.41. The Morgan fingerprint density at radius 2 is 1.94 bits per heavy atom. The second-order valence-electron chi connectivity index (χ2n) is 8.32. The Morgan fingerprint density at radius 1 is 1.12 bits per heavy atom. The molecule has 0 saturated carbocycles. The van der Waals surface area contributed by atoms with Gasteiger partial charge >= 0.3 is 0 Å². The lowest BCUT2D eigenvalue weighted by atomic mass is 9.96. The van der Waals surface area contributed by atoms with E-state index >= 15 is 0 Å². The molecule has 2 aromatic carbocycles. The number of rotatable bonds is 9. The molecule has 1 aliphatic rings. The van der Waals surface area contributed by atoms with Crippen LogP contribution in [0.4, 0.5) is 0 Å². The summed E-state index contributed by atoms with van der Waals surface area (Å²) in [6, 6.07) is 18.9. The predicted octanol–water partition coefficient (Wildman–Crippen LogP) is 5.38. The maximum Gasteiger partial charge on any atom is 0.173 e. The summed E-state index contributed by atoms with van der Waals surface area (Å²) in [5.41, 5.74) is 4.99. The quantitative estimate of drug-likeness (QED) is 0.434. The smallest absolute Gasteiger partial charge is 0.173 e. The van der Waals surface area contributed by atoms with Gasteiger partial charge in [0.15, 0.2) is 5.06 Å². The molecule has 0 spiro atoms. The second kappa shape index (κ2) is 11.4. The lowest BCUT2D eigenvalue weighted by Crippen LogP contribution is -2.29. The van der Waals surface area contributed by atoms with E-state index in [0.717, 1.165) is 42.4 Å². The molecule has 4 rings (SSSR count). The number of benzene rings is 2. The van der Waals surface area contributed by atoms with Crippen molar-refractivity contribution in [2.24, 2.45) is 0 Å². The first kappa shape index (κ1) is 23.4. The monoisotopic (exact) mass is 461 g/mol. The van der Waals surface area contributed by atoms with Crippen molar-refractivity contribution in [1.82, 2.24) is 4.90 Å². The summed E-state index contributed by atoms with van der Waals surface area (Å²) in [7, 11) is 1.74. The van der Waals surface area contributed by atoms with E-state index in [2.05, 4.69) is 47.1 Å². The average Bonchev–Trinajstić information content (AvgIpc) is 3.26. The molecule has 0 aliphatic carbocycles. The maximum atomic E-state index is 9.27. The van der Waals surface area contributed by atoms with Crippen molar-refractivity contribution in [2.45, 2.75) is 45.4 Å². The highest BCUT2D eigenvalue weighted by Crippen LogP contribution is 2.33. The van der Waals surface area contributed by atoms with Crippen molar-refractivity contribution in [2.75, 3.05) is 20.3 Å². The summed E-state index contributed by atoms with van der Waals surface area (Å²) in [6.07, 6.45) is 1.73. The molecular formula is C28H31NO3S. The predicted molar refractivity (Wildman–Crippen MR) is 134 cm³/mol. The standard InChI is InChI=1S/C28H31NO3S/c1-3-5-23(13-15-30)24-8-10-26(11-9-24)32-20-22-7-4-6-21(16-22)18-29-14-12-27-25(19-29)17-28(31-2)33-27/h4,6-11,16-17,23,30H,12-15,18-20H2,1-2H3. The summed E-state index contributed by atoms with van der Waals surface area (Å²) in [5.74, 6) is 7.02. The fourth-order valence-corrected chi connectivity index (χ4v) is 5.24. The van der Waals surface area contributed by atoms with Crippen LogP contribution < -0.4 is 9.47 Å². The molecular weight excluding hydrogens is 430 g/mol. The number of fused-ring (bicyclic) bond motifs is 1. The zero-order chi connectivity index (χ0) is 23.0. The number of nitrogens with zero attached hydrogens (tertiary/aromatic N) is 1. The third kappa shape index (κ3) is 6.17. The molecule has 1 aromatic heterocycles. The lowest BCUT2D eigenvalue weighted by Gasteiger charge is -2.26. The van der Waals surface area contributed by atoms with Crippen molar-refractivity contribution in [3.8, 4) is 22.7 Å².